The normalized spacial score (nSPS) is 11.2. The van der Waals surface area contributed by atoms with Gasteiger partial charge in [0, 0.05) is 25.2 Å². The highest BCUT2D eigenvalue weighted by Gasteiger charge is 2.21. The molecule has 0 radical (unpaired) electrons. The summed E-state index contributed by atoms with van der Waals surface area (Å²) in [6, 6.07) is 3.32. The largest absolute Gasteiger partial charge is 0.339 e. The first-order chi connectivity index (χ1) is 9.87. The molecular weight excluding hydrogens is 295 g/mol. The van der Waals surface area contributed by atoms with Crippen LogP contribution in [0.15, 0.2) is 35.7 Å². The molecule has 0 heterocycles. The van der Waals surface area contributed by atoms with Gasteiger partial charge in [0.2, 0.25) is 10.0 Å². The number of halogens is 1. The van der Waals surface area contributed by atoms with Crippen LogP contribution < -0.4 is 4.72 Å². The van der Waals surface area contributed by atoms with Crippen molar-refractivity contribution >= 4 is 15.9 Å². The smallest absolute Gasteiger partial charge is 0.253 e. The monoisotopic (exact) mass is 314 g/mol. The second-order valence-electron chi connectivity index (χ2n) is 4.26. The zero-order valence-electron chi connectivity index (χ0n) is 12.1. The molecule has 0 unspecified atom stereocenters. The molecule has 0 saturated carbocycles. The van der Waals surface area contributed by atoms with Gasteiger partial charge in [-0.1, -0.05) is 6.08 Å². The maximum atomic E-state index is 13.8. The van der Waals surface area contributed by atoms with Crippen LogP contribution in [0.3, 0.4) is 0 Å². The van der Waals surface area contributed by atoms with E-state index in [-0.39, 0.29) is 18.0 Å². The topological polar surface area (TPSA) is 66.5 Å². The van der Waals surface area contributed by atoms with Gasteiger partial charge in [-0.2, -0.15) is 0 Å². The summed E-state index contributed by atoms with van der Waals surface area (Å²) in [7, 11) is -4.02. The predicted molar refractivity (Wildman–Crippen MR) is 79.0 cm³/mol. The molecule has 0 spiro atoms. The molecule has 0 aliphatic carbocycles. The third kappa shape index (κ3) is 4.12. The number of amides is 1. The lowest BCUT2D eigenvalue weighted by Gasteiger charge is -2.19. The highest BCUT2D eigenvalue weighted by atomic mass is 32.2. The Kier molecular flexibility index (Phi) is 6.04. The van der Waals surface area contributed by atoms with Gasteiger partial charge in [0.1, 0.15) is 10.7 Å². The van der Waals surface area contributed by atoms with Gasteiger partial charge < -0.3 is 4.90 Å². The van der Waals surface area contributed by atoms with Gasteiger partial charge in [-0.25, -0.2) is 17.5 Å². The SMILES string of the molecule is C=CCNS(=O)(=O)c1cc(C(=O)N(CC)CC)ccc1F. The van der Waals surface area contributed by atoms with Crippen LogP contribution in [0, 0.1) is 5.82 Å². The predicted octanol–water partition coefficient (Wildman–Crippen LogP) is 1.77. The summed E-state index contributed by atoms with van der Waals surface area (Å²) < 4.78 is 39.9. The zero-order valence-corrected chi connectivity index (χ0v) is 12.9. The first kappa shape index (κ1) is 17.3. The first-order valence-electron chi connectivity index (χ1n) is 6.56. The zero-order chi connectivity index (χ0) is 16.0. The van der Waals surface area contributed by atoms with Crippen LogP contribution in [-0.2, 0) is 10.0 Å². The number of hydrogen-bond donors (Lipinski definition) is 1. The highest BCUT2D eigenvalue weighted by Crippen LogP contribution is 2.17. The summed E-state index contributed by atoms with van der Waals surface area (Å²) in [6.07, 6.45) is 1.35. The lowest BCUT2D eigenvalue weighted by molar-refractivity contribution is 0.0772. The fourth-order valence-corrected chi connectivity index (χ4v) is 2.88. The Labute approximate surface area is 124 Å². The van der Waals surface area contributed by atoms with E-state index in [0.717, 1.165) is 12.1 Å². The summed E-state index contributed by atoms with van der Waals surface area (Å²) >= 11 is 0. The second kappa shape index (κ2) is 7.33. The van der Waals surface area contributed by atoms with Crippen molar-refractivity contribution in [3.8, 4) is 0 Å². The Bertz CT molecular complexity index is 625. The summed E-state index contributed by atoms with van der Waals surface area (Å²) in [5, 5.41) is 0. The van der Waals surface area contributed by atoms with Crippen molar-refractivity contribution in [3.63, 3.8) is 0 Å². The Hall–Kier alpha value is -1.73. The molecule has 0 aliphatic heterocycles. The fourth-order valence-electron chi connectivity index (χ4n) is 1.78. The number of benzene rings is 1. The minimum atomic E-state index is -4.02. The maximum absolute atomic E-state index is 13.8. The lowest BCUT2D eigenvalue weighted by Crippen LogP contribution is -2.31. The minimum Gasteiger partial charge on any atom is -0.339 e. The standard InChI is InChI=1S/C14H19FN2O3S/c1-4-9-16-21(19,20)13-10-11(7-8-12(13)15)14(18)17(5-2)6-3/h4,7-8,10,16H,1,5-6,9H2,2-3H3. The molecule has 7 heteroatoms. The fraction of sp³-hybridized carbons (Fsp3) is 0.357. The van der Waals surface area contributed by atoms with E-state index in [4.69, 9.17) is 0 Å². The third-order valence-corrected chi connectivity index (χ3v) is 4.37. The molecule has 0 fully saturated rings. The van der Waals surface area contributed by atoms with Crippen molar-refractivity contribution in [1.82, 2.24) is 9.62 Å². The molecule has 0 saturated heterocycles. The number of rotatable bonds is 7. The van der Waals surface area contributed by atoms with Crippen LogP contribution in [-0.4, -0.2) is 38.9 Å². The quantitative estimate of drug-likeness (QED) is 0.780. The van der Waals surface area contributed by atoms with E-state index in [9.17, 15) is 17.6 Å². The van der Waals surface area contributed by atoms with E-state index in [1.54, 1.807) is 0 Å². The van der Waals surface area contributed by atoms with E-state index in [1.807, 2.05) is 13.8 Å². The van der Waals surface area contributed by atoms with Crippen molar-refractivity contribution in [3.05, 3.63) is 42.2 Å². The maximum Gasteiger partial charge on any atom is 0.253 e. The molecule has 0 aliphatic rings. The molecule has 116 valence electrons. The molecule has 0 aromatic heterocycles. The first-order valence-corrected chi connectivity index (χ1v) is 8.05. The van der Waals surface area contributed by atoms with Crippen LogP contribution >= 0.6 is 0 Å². The second-order valence-corrected chi connectivity index (χ2v) is 6.00. The van der Waals surface area contributed by atoms with Crippen LogP contribution in [0.2, 0.25) is 0 Å². The van der Waals surface area contributed by atoms with Crippen molar-refractivity contribution < 1.29 is 17.6 Å². The molecule has 1 aromatic carbocycles. The number of hydrogen-bond acceptors (Lipinski definition) is 3. The summed E-state index contributed by atoms with van der Waals surface area (Å²) in [4.78, 5) is 13.2. The molecule has 1 N–H and O–H groups in total. The van der Waals surface area contributed by atoms with Crippen LogP contribution in [0.5, 0.6) is 0 Å². The average molecular weight is 314 g/mol. The summed E-state index contributed by atoms with van der Waals surface area (Å²) in [5.74, 6) is -1.23. The van der Waals surface area contributed by atoms with E-state index in [2.05, 4.69) is 11.3 Å². The van der Waals surface area contributed by atoms with Gasteiger partial charge >= 0.3 is 0 Å². The Balaban J connectivity index is 3.22. The van der Waals surface area contributed by atoms with Gasteiger partial charge in [0.25, 0.3) is 5.91 Å². The van der Waals surface area contributed by atoms with E-state index < -0.39 is 20.7 Å². The number of carbonyl (C=O) groups excluding carboxylic acids is 1. The molecule has 1 amide bonds. The van der Waals surface area contributed by atoms with Crippen molar-refractivity contribution in [2.45, 2.75) is 18.7 Å². The van der Waals surface area contributed by atoms with Gasteiger partial charge in [0.15, 0.2) is 0 Å². The summed E-state index contributed by atoms with van der Waals surface area (Å²) in [5.41, 5.74) is 0.138. The van der Waals surface area contributed by atoms with E-state index >= 15 is 0 Å². The Morgan fingerprint density at radius 3 is 2.52 bits per heavy atom. The molecule has 0 atom stereocenters. The number of nitrogens with one attached hydrogen (secondary N) is 1. The van der Waals surface area contributed by atoms with Gasteiger partial charge in [0.05, 0.1) is 0 Å². The van der Waals surface area contributed by atoms with Crippen LogP contribution in [0.25, 0.3) is 0 Å². The number of nitrogens with zero attached hydrogens (tertiary/aromatic N) is 1. The lowest BCUT2D eigenvalue weighted by atomic mass is 10.2. The molecule has 0 bridgehead atoms. The molecule has 1 aromatic rings. The Morgan fingerprint density at radius 2 is 2.00 bits per heavy atom. The summed E-state index contributed by atoms with van der Waals surface area (Å²) in [6.45, 7) is 7.98. The van der Waals surface area contributed by atoms with Crippen LogP contribution in [0.4, 0.5) is 4.39 Å². The molecule has 21 heavy (non-hydrogen) atoms. The molecular formula is C14H19FN2O3S. The number of sulfonamides is 1. The van der Waals surface area contributed by atoms with E-state index in [1.165, 1.54) is 17.0 Å². The average Bonchev–Trinajstić information content (AvgIpc) is 2.46. The number of carbonyl (C=O) groups is 1. The van der Waals surface area contributed by atoms with Crippen molar-refractivity contribution in [2.75, 3.05) is 19.6 Å². The van der Waals surface area contributed by atoms with Crippen molar-refractivity contribution in [1.29, 1.82) is 0 Å². The molecule has 5 nitrogen and oxygen atoms in total. The van der Waals surface area contributed by atoms with Crippen LogP contribution in [0.1, 0.15) is 24.2 Å². The van der Waals surface area contributed by atoms with Gasteiger partial charge in [-0.05, 0) is 32.0 Å². The van der Waals surface area contributed by atoms with E-state index in [0.29, 0.717) is 13.1 Å². The molecule has 1 rings (SSSR count). The third-order valence-electron chi connectivity index (χ3n) is 2.94. The van der Waals surface area contributed by atoms with Gasteiger partial charge in [-0.15, -0.1) is 6.58 Å². The Morgan fingerprint density at radius 1 is 1.38 bits per heavy atom. The van der Waals surface area contributed by atoms with Crippen molar-refractivity contribution in [2.24, 2.45) is 0 Å². The van der Waals surface area contributed by atoms with Gasteiger partial charge in [-0.3, -0.25) is 4.79 Å². The highest BCUT2D eigenvalue weighted by molar-refractivity contribution is 7.89. The minimum absolute atomic E-state index is 0.0179.